The highest BCUT2D eigenvalue weighted by atomic mass is 14.5. The van der Waals surface area contributed by atoms with Crippen LogP contribution in [0.1, 0.15) is 22.3 Å². The van der Waals surface area contributed by atoms with Gasteiger partial charge in [-0.15, -0.1) is 0 Å². The molecule has 2 aromatic carbocycles. The molecule has 0 aliphatic carbocycles. The van der Waals surface area contributed by atoms with Gasteiger partial charge in [-0.1, -0.05) is 36.4 Å². The van der Waals surface area contributed by atoms with Crippen molar-refractivity contribution >= 4 is 0 Å². The average molecular weight is 222 g/mol. The summed E-state index contributed by atoms with van der Waals surface area (Å²) in [6.07, 6.45) is 0.822. The fourth-order valence-corrected chi connectivity index (χ4v) is 1.90. The van der Waals surface area contributed by atoms with E-state index in [1.165, 1.54) is 5.56 Å². The third kappa shape index (κ3) is 2.72. The van der Waals surface area contributed by atoms with E-state index in [1.807, 2.05) is 42.5 Å². The highest BCUT2D eigenvalue weighted by Crippen LogP contribution is 2.15. The van der Waals surface area contributed by atoms with Crippen molar-refractivity contribution in [3.63, 3.8) is 0 Å². The predicted molar refractivity (Wildman–Crippen MR) is 68.3 cm³/mol. The van der Waals surface area contributed by atoms with Crippen molar-refractivity contribution in [2.45, 2.75) is 13.0 Å². The highest BCUT2D eigenvalue weighted by Gasteiger charge is 2.02. The third-order valence-electron chi connectivity index (χ3n) is 2.79. The lowest BCUT2D eigenvalue weighted by atomic mass is 9.99. The van der Waals surface area contributed by atoms with Crippen LogP contribution in [0, 0.1) is 11.3 Å². The van der Waals surface area contributed by atoms with Gasteiger partial charge in [0.15, 0.2) is 0 Å². The molecule has 84 valence electrons. The lowest BCUT2D eigenvalue weighted by Gasteiger charge is -2.07. The predicted octanol–water partition coefficient (Wildman–Crippen LogP) is 2.61. The number of nitrogens with two attached hydrogens (primary N) is 1. The molecule has 0 amide bonds. The van der Waals surface area contributed by atoms with Crippen LogP contribution in [0.4, 0.5) is 0 Å². The van der Waals surface area contributed by atoms with Crippen molar-refractivity contribution in [3.8, 4) is 6.07 Å². The van der Waals surface area contributed by atoms with Crippen LogP contribution >= 0.6 is 0 Å². The lowest BCUT2D eigenvalue weighted by Crippen LogP contribution is -2.01. The first-order valence-corrected chi connectivity index (χ1v) is 5.59. The van der Waals surface area contributed by atoms with Gasteiger partial charge in [0.1, 0.15) is 0 Å². The summed E-state index contributed by atoms with van der Waals surface area (Å²) in [6, 6.07) is 18.0. The average Bonchev–Trinajstić information content (AvgIpc) is 2.39. The summed E-state index contributed by atoms with van der Waals surface area (Å²) in [5.41, 5.74) is 9.94. The zero-order valence-electron chi connectivity index (χ0n) is 9.56. The van der Waals surface area contributed by atoms with Crippen molar-refractivity contribution in [1.29, 1.82) is 5.26 Å². The van der Waals surface area contributed by atoms with E-state index in [0.717, 1.165) is 17.5 Å². The van der Waals surface area contributed by atoms with Crippen LogP contribution in [0.5, 0.6) is 0 Å². The van der Waals surface area contributed by atoms with Gasteiger partial charge in [0, 0.05) is 6.54 Å². The molecule has 0 spiro atoms. The van der Waals surface area contributed by atoms with E-state index in [9.17, 15) is 0 Å². The van der Waals surface area contributed by atoms with Crippen molar-refractivity contribution in [1.82, 2.24) is 0 Å². The largest absolute Gasteiger partial charge is 0.326 e. The molecule has 0 fully saturated rings. The fraction of sp³-hybridized carbons (Fsp3) is 0.133. The first-order chi connectivity index (χ1) is 8.33. The van der Waals surface area contributed by atoms with Crippen molar-refractivity contribution < 1.29 is 0 Å². The summed E-state index contributed by atoms with van der Waals surface area (Å²) in [6.45, 7) is 0.550. The van der Waals surface area contributed by atoms with E-state index in [0.29, 0.717) is 12.1 Å². The molecule has 17 heavy (non-hydrogen) atoms. The normalized spacial score (nSPS) is 9.88. The van der Waals surface area contributed by atoms with Gasteiger partial charge in [-0.2, -0.15) is 5.26 Å². The quantitative estimate of drug-likeness (QED) is 0.867. The fourth-order valence-electron chi connectivity index (χ4n) is 1.90. The zero-order valence-corrected chi connectivity index (χ0v) is 9.56. The lowest BCUT2D eigenvalue weighted by molar-refractivity contribution is 1.02. The van der Waals surface area contributed by atoms with Crippen LogP contribution in [-0.4, -0.2) is 0 Å². The Hall–Kier alpha value is -2.11. The number of nitrogens with zero attached hydrogens (tertiary/aromatic N) is 1. The van der Waals surface area contributed by atoms with Crippen molar-refractivity contribution in [2.75, 3.05) is 0 Å². The van der Waals surface area contributed by atoms with Gasteiger partial charge in [-0.05, 0) is 35.2 Å². The van der Waals surface area contributed by atoms with E-state index >= 15 is 0 Å². The minimum Gasteiger partial charge on any atom is -0.326 e. The van der Waals surface area contributed by atoms with E-state index in [4.69, 9.17) is 11.0 Å². The summed E-state index contributed by atoms with van der Waals surface area (Å²) >= 11 is 0. The zero-order chi connectivity index (χ0) is 12.1. The van der Waals surface area contributed by atoms with Gasteiger partial charge in [0.25, 0.3) is 0 Å². The van der Waals surface area contributed by atoms with Gasteiger partial charge in [0.2, 0.25) is 0 Å². The van der Waals surface area contributed by atoms with Gasteiger partial charge >= 0.3 is 0 Å². The highest BCUT2D eigenvalue weighted by molar-refractivity contribution is 5.37. The Kier molecular flexibility index (Phi) is 3.54. The Bertz CT molecular complexity index is 553. The Morgan fingerprint density at radius 1 is 1.00 bits per heavy atom. The van der Waals surface area contributed by atoms with Crippen LogP contribution < -0.4 is 5.73 Å². The molecular formula is C15H14N2. The van der Waals surface area contributed by atoms with Gasteiger partial charge in [-0.3, -0.25) is 0 Å². The molecule has 2 aromatic rings. The first-order valence-electron chi connectivity index (χ1n) is 5.59. The molecule has 0 aliphatic heterocycles. The number of hydrogen-bond donors (Lipinski definition) is 1. The maximum atomic E-state index is 8.86. The van der Waals surface area contributed by atoms with Gasteiger partial charge in [0.05, 0.1) is 11.6 Å². The minimum absolute atomic E-state index is 0.550. The van der Waals surface area contributed by atoms with E-state index in [-0.39, 0.29) is 0 Å². The number of rotatable bonds is 3. The maximum Gasteiger partial charge on any atom is 0.0991 e. The monoisotopic (exact) mass is 222 g/mol. The van der Waals surface area contributed by atoms with Crippen LogP contribution in [-0.2, 0) is 13.0 Å². The smallest absolute Gasteiger partial charge is 0.0991 e. The topological polar surface area (TPSA) is 49.8 Å². The van der Waals surface area contributed by atoms with Crippen LogP contribution in [0.15, 0.2) is 48.5 Å². The second-order valence-electron chi connectivity index (χ2n) is 3.96. The second-order valence-corrected chi connectivity index (χ2v) is 3.96. The second kappa shape index (κ2) is 5.29. The minimum atomic E-state index is 0.550. The molecule has 0 unspecified atom stereocenters. The molecule has 0 atom stereocenters. The van der Waals surface area contributed by atoms with Crippen LogP contribution in [0.2, 0.25) is 0 Å². The van der Waals surface area contributed by atoms with Gasteiger partial charge < -0.3 is 5.73 Å². The molecule has 2 heteroatoms. The Labute approximate surface area is 101 Å². The Morgan fingerprint density at radius 2 is 1.76 bits per heavy atom. The van der Waals surface area contributed by atoms with E-state index in [1.54, 1.807) is 0 Å². The molecule has 0 saturated heterocycles. The Morgan fingerprint density at radius 3 is 2.47 bits per heavy atom. The van der Waals surface area contributed by atoms with Crippen LogP contribution in [0.3, 0.4) is 0 Å². The summed E-state index contributed by atoms with van der Waals surface area (Å²) in [4.78, 5) is 0. The summed E-state index contributed by atoms with van der Waals surface area (Å²) in [5, 5.41) is 8.86. The molecule has 2 nitrogen and oxygen atoms in total. The molecule has 2 rings (SSSR count). The maximum absolute atomic E-state index is 8.86. The molecule has 0 aromatic heterocycles. The molecular weight excluding hydrogens is 208 g/mol. The first kappa shape index (κ1) is 11.4. The Balaban J connectivity index is 2.28. The van der Waals surface area contributed by atoms with Gasteiger partial charge in [-0.25, -0.2) is 0 Å². The van der Waals surface area contributed by atoms with Crippen LogP contribution in [0.25, 0.3) is 0 Å². The summed E-state index contributed by atoms with van der Waals surface area (Å²) in [5.74, 6) is 0. The molecule has 0 heterocycles. The number of benzene rings is 2. The third-order valence-corrected chi connectivity index (χ3v) is 2.79. The summed E-state index contributed by atoms with van der Waals surface area (Å²) in [7, 11) is 0. The van der Waals surface area contributed by atoms with E-state index < -0.39 is 0 Å². The molecule has 0 aliphatic rings. The molecule has 0 saturated carbocycles. The molecule has 0 bridgehead atoms. The number of hydrogen-bond acceptors (Lipinski definition) is 2. The van der Waals surface area contributed by atoms with Crippen molar-refractivity contribution in [2.24, 2.45) is 5.73 Å². The number of nitriles is 1. The van der Waals surface area contributed by atoms with E-state index in [2.05, 4.69) is 12.1 Å². The molecule has 0 radical (unpaired) electrons. The molecule has 2 N–H and O–H groups in total. The summed E-state index contributed by atoms with van der Waals surface area (Å²) < 4.78 is 0. The standard InChI is InChI=1S/C15H14N2/c16-10-13-5-3-4-12(8-13)9-14-6-1-2-7-15(14)11-17/h1-8H,9,11,17H2. The van der Waals surface area contributed by atoms with Crippen molar-refractivity contribution in [3.05, 3.63) is 70.8 Å². The SMILES string of the molecule is N#Cc1cccc(Cc2ccccc2CN)c1.